The number of unbranched alkanes of at least 4 members (excludes halogenated alkanes) is 4. The molecular formula is C16H27N2Na2O5+. The van der Waals surface area contributed by atoms with Crippen LogP contribution >= 0.6 is 0 Å². The third-order valence-electron chi connectivity index (χ3n) is 4.19. The van der Waals surface area contributed by atoms with Gasteiger partial charge in [0.25, 0.3) is 0 Å². The fraction of sp³-hybridized carbons (Fsp3) is 0.812. The Bertz CT molecular complexity index is 435. The molecule has 0 bridgehead atoms. The van der Waals surface area contributed by atoms with Crippen LogP contribution in [0.15, 0.2) is 4.99 Å². The number of hydrogen-bond acceptors (Lipinski definition) is 6. The topological polar surface area (TPSA) is 102 Å². The minimum atomic E-state index is -1.28. The van der Waals surface area contributed by atoms with Crippen LogP contribution in [0, 0.1) is 0 Å². The summed E-state index contributed by atoms with van der Waals surface area (Å²) in [6.45, 7) is 3.31. The van der Waals surface area contributed by atoms with Crippen molar-refractivity contribution in [3.63, 3.8) is 0 Å². The van der Waals surface area contributed by atoms with Crippen molar-refractivity contribution in [3.05, 3.63) is 0 Å². The van der Waals surface area contributed by atoms with E-state index < -0.39 is 18.5 Å². The molecule has 0 radical (unpaired) electrons. The van der Waals surface area contributed by atoms with E-state index >= 15 is 0 Å². The zero-order valence-corrected chi connectivity index (χ0v) is 19.9. The van der Waals surface area contributed by atoms with E-state index in [0.29, 0.717) is 19.6 Å². The van der Waals surface area contributed by atoms with E-state index in [0.717, 1.165) is 25.1 Å². The fourth-order valence-electron chi connectivity index (χ4n) is 2.98. The molecule has 1 unspecified atom stereocenters. The summed E-state index contributed by atoms with van der Waals surface area (Å²) in [6.07, 6.45) is 6.45. The molecule has 0 saturated carbocycles. The Balaban J connectivity index is 0. The van der Waals surface area contributed by atoms with Crippen LogP contribution in [0.3, 0.4) is 0 Å². The Morgan fingerprint density at radius 1 is 1.12 bits per heavy atom. The van der Waals surface area contributed by atoms with Gasteiger partial charge >= 0.3 is 59.1 Å². The van der Waals surface area contributed by atoms with Gasteiger partial charge in [0.15, 0.2) is 5.84 Å². The maximum atomic E-state index is 11.1. The smallest absolute Gasteiger partial charge is 0.548 e. The van der Waals surface area contributed by atoms with Gasteiger partial charge in [-0.2, -0.15) is 0 Å². The molecule has 0 spiro atoms. The number of aliphatic carboxylic acids is 2. The number of hydrogen-bond donors (Lipinski definition) is 0. The maximum absolute atomic E-state index is 11.1. The number of quaternary nitrogens is 1. The van der Waals surface area contributed by atoms with Gasteiger partial charge in [-0.15, -0.1) is 0 Å². The van der Waals surface area contributed by atoms with Gasteiger partial charge in [0.05, 0.1) is 31.7 Å². The summed E-state index contributed by atoms with van der Waals surface area (Å²) in [5, 5.41) is 21.5. The predicted octanol–water partition coefficient (Wildman–Crippen LogP) is -6.90. The Hall–Kier alpha value is 0.530. The SMILES string of the molecule is CCCCCCCC1=NCC[N+]1(CCOCC(=O)[O-])CC(=O)[O-].[Na+].[Na+]. The minimum Gasteiger partial charge on any atom is -0.548 e. The van der Waals surface area contributed by atoms with E-state index in [1.54, 1.807) is 0 Å². The predicted molar refractivity (Wildman–Crippen MR) is 81.4 cm³/mol. The van der Waals surface area contributed by atoms with Gasteiger partial charge in [-0.05, 0) is 6.42 Å². The maximum Gasteiger partial charge on any atom is 1.00 e. The van der Waals surface area contributed by atoms with E-state index in [-0.39, 0.29) is 76.7 Å². The van der Waals surface area contributed by atoms with Crippen LogP contribution in [0.25, 0.3) is 0 Å². The Morgan fingerprint density at radius 3 is 2.40 bits per heavy atom. The molecule has 0 aliphatic carbocycles. The molecule has 1 atom stereocenters. The second kappa shape index (κ2) is 15.6. The first-order valence-electron chi connectivity index (χ1n) is 8.37. The summed E-state index contributed by atoms with van der Waals surface area (Å²) in [7, 11) is 0. The summed E-state index contributed by atoms with van der Waals surface area (Å²) in [5.74, 6) is -1.52. The molecule has 9 heteroatoms. The molecule has 25 heavy (non-hydrogen) atoms. The van der Waals surface area contributed by atoms with Crippen molar-refractivity contribution in [2.75, 3.05) is 39.4 Å². The Labute approximate surface area is 194 Å². The minimum absolute atomic E-state index is 0. The van der Waals surface area contributed by atoms with Gasteiger partial charge in [-0.3, -0.25) is 4.48 Å². The Morgan fingerprint density at radius 2 is 1.80 bits per heavy atom. The zero-order valence-electron chi connectivity index (χ0n) is 15.9. The molecule has 1 rings (SSSR count). The van der Waals surface area contributed by atoms with E-state index in [1.807, 2.05) is 0 Å². The summed E-state index contributed by atoms with van der Waals surface area (Å²) in [4.78, 5) is 26.0. The summed E-state index contributed by atoms with van der Waals surface area (Å²) >= 11 is 0. The van der Waals surface area contributed by atoms with Crippen molar-refractivity contribution >= 4 is 17.8 Å². The molecule has 0 aromatic heterocycles. The van der Waals surface area contributed by atoms with Crippen LogP contribution in [0.2, 0.25) is 0 Å². The van der Waals surface area contributed by atoms with Crippen LogP contribution in [-0.2, 0) is 14.3 Å². The standard InChI is InChI=1S/C16H28N2O5.2Na/c1-2-3-4-5-6-7-14-17-8-9-18(14,12-15(19)20)10-11-23-13-16(21)22;;/h2-13H2,1H3,(H-,19,20,21,22);;/q;2*+1/p-1. The molecule has 1 aliphatic rings. The molecule has 0 aromatic rings. The largest absolute Gasteiger partial charge is 1.00 e. The number of carbonyl (C=O) groups is 2. The molecule has 7 nitrogen and oxygen atoms in total. The summed E-state index contributed by atoms with van der Waals surface area (Å²) in [6, 6.07) is 0. The van der Waals surface area contributed by atoms with Gasteiger partial charge < -0.3 is 24.5 Å². The van der Waals surface area contributed by atoms with E-state index in [1.165, 1.54) is 19.3 Å². The third-order valence-corrected chi connectivity index (χ3v) is 4.19. The quantitative estimate of drug-likeness (QED) is 0.181. The number of carboxylic acids is 2. The fourth-order valence-corrected chi connectivity index (χ4v) is 2.98. The second-order valence-corrected chi connectivity index (χ2v) is 6.01. The van der Waals surface area contributed by atoms with Crippen molar-refractivity contribution in [1.29, 1.82) is 0 Å². The van der Waals surface area contributed by atoms with Crippen molar-refractivity contribution in [1.82, 2.24) is 0 Å². The van der Waals surface area contributed by atoms with Gasteiger partial charge in [0.1, 0.15) is 19.6 Å². The third kappa shape index (κ3) is 11.1. The molecule has 0 saturated heterocycles. The normalized spacial score (nSPS) is 18.8. The molecule has 1 aliphatic heterocycles. The Kier molecular flexibility index (Phi) is 17.3. The first-order chi connectivity index (χ1) is 11.0. The molecule has 132 valence electrons. The number of ether oxygens (including phenoxy) is 1. The number of carbonyl (C=O) groups excluding carboxylic acids is 2. The average Bonchev–Trinajstić information content (AvgIpc) is 2.85. The van der Waals surface area contributed by atoms with Crippen LogP contribution in [0.1, 0.15) is 45.4 Å². The second-order valence-electron chi connectivity index (χ2n) is 6.01. The van der Waals surface area contributed by atoms with E-state index in [9.17, 15) is 19.8 Å². The monoisotopic (exact) mass is 373 g/mol. The van der Waals surface area contributed by atoms with Crippen LogP contribution in [0.4, 0.5) is 0 Å². The first-order valence-corrected chi connectivity index (χ1v) is 8.37. The van der Waals surface area contributed by atoms with E-state index in [2.05, 4.69) is 11.9 Å². The average molecular weight is 373 g/mol. The number of amidine groups is 1. The number of aliphatic imine (C=N–C) groups is 1. The molecule has 0 fully saturated rings. The van der Waals surface area contributed by atoms with Gasteiger partial charge in [0.2, 0.25) is 0 Å². The van der Waals surface area contributed by atoms with Crippen molar-refractivity contribution in [3.8, 4) is 0 Å². The van der Waals surface area contributed by atoms with Crippen molar-refractivity contribution < 1.29 is 88.1 Å². The molecule has 0 aromatic carbocycles. The molecule has 0 N–H and O–H groups in total. The van der Waals surface area contributed by atoms with Gasteiger partial charge in [-0.1, -0.05) is 32.6 Å². The first kappa shape index (κ1) is 27.7. The molecule has 0 amide bonds. The summed E-state index contributed by atoms with van der Waals surface area (Å²) < 4.78 is 5.25. The molecular weight excluding hydrogens is 346 g/mol. The zero-order chi connectivity index (χ0) is 17.1. The van der Waals surface area contributed by atoms with Crippen LogP contribution in [-0.4, -0.2) is 61.7 Å². The van der Waals surface area contributed by atoms with Gasteiger partial charge in [-0.25, -0.2) is 4.99 Å². The number of nitrogens with zero attached hydrogens (tertiary/aromatic N) is 2. The van der Waals surface area contributed by atoms with Gasteiger partial charge in [0, 0.05) is 6.42 Å². The van der Waals surface area contributed by atoms with Crippen molar-refractivity contribution in [2.24, 2.45) is 4.99 Å². The number of rotatable bonds is 13. The number of carboxylic acid groups (broad SMARTS) is 2. The van der Waals surface area contributed by atoms with Crippen LogP contribution < -0.4 is 69.3 Å². The van der Waals surface area contributed by atoms with E-state index in [4.69, 9.17) is 4.74 Å². The van der Waals surface area contributed by atoms with Crippen LogP contribution in [0.5, 0.6) is 0 Å². The molecule has 1 heterocycles. The van der Waals surface area contributed by atoms with Crippen molar-refractivity contribution in [2.45, 2.75) is 45.4 Å². The summed E-state index contributed by atoms with van der Waals surface area (Å²) in [5.41, 5.74) is 0.